The Morgan fingerprint density at radius 1 is 0.929 bits per heavy atom. The zero-order chi connectivity index (χ0) is 19.8. The summed E-state index contributed by atoms with van der Waals surface area (Å²) in [4.78, 5) is 4.72. The van der Waals surface area contributed by atoms with E-state index in [0.29, 0.717) is 24.2 Å². The highest BCUT2D eigenvalue weighted by Gasteiger charge is 2.18. The number of hydrogen-bond donors (Lipinski definition) is 1. The lowest BCUT2D eigenvalue weighted by Gasteiger charge is -2.34. The molecule has 0 spiro atoms. The van der Waals surface area contributed by atoms with Crippen molar-refractivity contribution in [3.8, 4) is 6.07 Å². The van der Waals surface area contributed by atoms with Crippen molar-refractivity contribution in [2.24, 2.45) is 0 Å². The second-order valence-electron chi connectivity index (χ2n) is 7.07. The van der Waals surface area contributed by atoms with Gasteiger partial charge in [0.2, 0.25) is 10.0 Å². The van der Waals surface area contributed by atoms with Crippen LogP contribution in [-0.2, 0) is 22.3 Å². The minimum absolute atomic E-state index is 0.104. The summed E-state index contributed by atoms with van der Waals surface area (Å²) in [7, 11) is -3.41. The number of sulfonamides is 1. The van der Waals surface area contributed by atoms with E-state index in [1.54, 1.807) is 24.3 Å². The van der Waals surface area contributed by atoms with Gasteiger partial charge in [0.05, 0.1) is 17.4 Å². The Labute approximate surface area is 167 Å². The van der Waals surface area contributed by atoms with Gasteiger partial charge in [0.25, 0.3) is 0 Å². The number of piperazine rings is 1. The monoisotopic (exact) mass is 398 g/mol. The quantitative estimate of drug-likeness (QED) is 0.734. The van der Waals surface area contributed by atoms with Crippen molar-refractivity contribution in [2.75, 3.05) is 39.3 Å². The lowest BCUT2D eigenvalue weighted by molar-refractivity contribution is 0.129. The van der Waals surface area contributed by atoms with E-state index in [1.165, 1.54) is 5.56 Å². The molecule has 1 aliphatic heterocycles. The van der Waals surface area contributed by atoms with Crippen LogP contribution in [0, 0.1) is 11.3 Å². The van der Waals surface area contributed by atoms with Gasteiger partial charge < -0.3 is 0 Å². The van der Waals surface area contributed by atoms with E-state index in [9.17, 15) is 8.42 Å². The van der Waals surface area contributed by atoms with Gasteiger partial charge in [0, 0.05) is 45.8 Å². The van der Waals surface area contributed by atoms with Crippen molar-refractivity contribution in [3.63, 3.8) is 0 Å². The number of benzene rings is 2. The number of nitrogens with zero attached hydrogens (tertiary/aromatic N) is 3. The number of nitriles is 1. The Bertz CT molecular complexity index is 902. The van der Waals surface area contributed by atoms with Crippen LogP contribution >= 0.6 is 0 Å². The number of rotatable bonds is 8. The van der Waals surface area contributed by atoms with Crippen LogP contribution in [0.4, 0.5) is 0 Å². The molecule has 0 atom stereocenters. The molecule has 1 fully saturated rings. The molecule has 28 heavy (non-hydrogen) atoms. The number of hydrogen-bond acceptors (Lipinski definition) is 5. The van der Waals surface area contributed by atoms with Crippen LogP contribution in [0.5, 0.6) is 0 Å². The molecular weight excluding hydrogens is 372 g/mol. The molecule has 1 aliphatic rings. The highest BCUT2D eigenvalue weighted by molar-refractivity contribution is 7.88. The van der Waals surface area contributed by atoms with Crippen molar-refractivity contribution in [3.05, 3.63) is 71.3 Å². The third-order valence-corrected chi connectivity index (χ3v) is 6.23. The molecule has 148 valence electrons. The van der Waals surface area contributed by atoms with E-state index >= 15 is 0 Å². The molecule has 2 aromatic rings. The zero-order valence-electron chi connectivity index (χ0n) is 15.9. The molecule has 1 heterocycles. The predicted octanol–water partition coefficient (Wildman–Crippen LogP) is 1.80. The molecule has 0 unspecified atom stereocenters. The van der Waals surface area contributed by atoms with Crippen LogP contribution in [0.3, 0.4) is 0 Å². The average molecular weight is 399 g/mol. The third kappa shape index (κ3) is 6.43. The summed E-state index contributed by atoms with van der Waals surface area (Å²) in [5, 5.41) is 8.92. The maximum absolute atomic E-state index is 12.3. The molecule has 0 aliphatic carbocycles. The predicted molar refractivity (Wildman–Crippen MR) is 110 cm³/mol. The normalized spacial score (nSPS) is 16.0. The van der Waals surface area contributed by atoms with Gasteiger partial charge in [-0.1, -0.05) is 42.5 Å². The minimum atomic E-state index is -3.41. The number of nitrogens with one attached hydrogen (secondary N) is 1. The van der Waals surface area contributed by atoms with Crippen LogP contribution in [0.25, 0.3) is 0 Å². The van der Waals surface area contributed by atoms with Gasteiger partial charge in [-0.15, -0.1) is 0 Å². The first-order valence-electron chi connectivity index (χ1n) is 9.49. The SMILES string of the molecule is N#Cc1cccc(CS(=O)(=O)NCCN2CCN(Cc3ccccc3)CC2)c1. The molecule has 0 bridgehead atoms. The Balaban J connectivity index is 1.38. The van der Waals surface area contributed by atoms with Gasteiger partial charge >= 0.3 is 0 Å². The summed E-state index contributed by atoms with van der Waals surface area (Å²) in [5.74, 6) is -0.104. The van der Waals surface area contributed by atoms with E-state index in [0.717, 1.165) is 32.7 Å². The summed E-state index contributed by atoms with van der Waals surface area (Å²) in [6, 6.07) is 19.2. The van der Waals surface area contributed by atoms with E-state index in [-0.39, 0.29) is 5.75 Å². The van der Waals surface area contributed by atoms with Gasteiger partial charge in [-0.25, -0.2) is 13.1 Å². The molecule has 3 rings (SSSR count). The van der Waals surface area contributed by atoms with Crippen LogP contribution < -0.4 is 4.72 Å². The lowest BCUT2D eigenvalue weighted by atomic mass is 10.2. The lowest BCUT2D eigenvalue weighted by Crippen LogP contribution is -2.48. The summed E-state index contributed by atoms with van der Waals surface area (Å²) < 4.78 is 27.2. The van der Waals surface area contributed by atoms with Crippen molar-refractivity contribution in [1.29, 1.82) is 5.26 Å². The zero-order valence-corrected chi connectivity index (χ0v) is 16.7. The summed E-state index contributed by atoms with van der Waals surface area (Å²) in [6.07, 6.45) is 0. The fourth-order valence-electron chi connectivity index (χ4n) is 3.37. The first kappa shape index (κ1) is 20.5. The molecular formula is C21H26N4O2S. The van der Waals surface area contributed by atoms with Crippen LogP contribution in [0.2, 0.25) is 0 Å². The fraction of sp³-hybridized carbons (Fsp3) is 0.381. The van der Waals surface area contributed by atoms with Crippen LogP contribution in [0.15, 0.2) is 54.6 Å². The van der Waals surface area contributed by atoms with Gasteiger partial charge in [0.1, 0.15) is 0 Å². The standard InChI is InChI=1S/C21H26N4O2S/c22-16-20-7-4-8-21(15-20)18-28(26,27)23-9-10-24-11-13-25(14-12-24)17-19-5-2-1-3-6-19/h1-8,15,23H,9-14,17-18H2. The van der Waals surface area contributed by atoms with Crippen molar-refractivity contribution in [1.82, 2.24) is 14.5 Å². The van der Waals surface area contributed by atoms with E-state index in [2.05, 4.69) is 38.8 Å². The van der Waals surface area contributed by atoms with Gasteiger partial charge in [-0.3, -0.25) is 9.80 Å². The molecule has 0 aromatic heterocycles. The van der Waals surface area contributed by atoms with E-state index in [4.69, 9.17) is 5.26 Å². The van der Waals surface area contributed by atoms with Gasteiger partial charge in [0.15, 0.2) is 0 Å². The highest BCUT2D eigenvalue weighted by Crippen LogP contribution is 2.09. The molecule has 6 nitrogen and oxygen atoms in total. The summed E-state index contributed by atoms with van der Waals surface area (Å²) in [5.41, 5.74) is 2.42. The largest absolute Gasteiger partial charge is 0.299 e. The molecule has 2 aromatic carbocycles. The van der Waals surface area contributed by atoms with Gasteiger partial charge in [-0.2, -0.15) is 5.26 Å². The molecule has 0 amide bonds. The first-order chi connectivity index (χ1) is 13.5. The molecule has 1 saturated heterocycles. The van der Waals surface area contributed by atoms with Crippen molar-refractivity contribution in [2.45, 2.75) is 12.3 Å². The second-order valence-corrected chi connectivity index (χ2v) is 8.88. The first-order valence-corrected chi connectivity index (χ1v) is 11.1. The highest BCUT2D eigenvalue weighted by atomic mass is 32.2. The van der Waals surface area contributed by atoms with Crippen LogP contribution in [-0.4, -0.2) is 57.5 Å². The van der Waals surface area contributed by atoms with Crippen molar-refractivity contribution < 1.29 is 8.42 Å². The smallest absolute Gasteiger partial charge is 0.215 e. The topological polar surface area (TPSA) is 76.4 Å². The molecule has 1 N–H and O–H groups in total. The van der Waals surface area contributed by atoms with E-state index < -0.39 is 10.0 Å². The molecule has 0 saturated carbocycles. The Kier molecular flexibility index (Phi) is 7.18. The summed E-state index contributed by atoms with van der Waals surface area (Å²) >= 11 is 0. The minimum Gasteiger partial charge on any atom is -0.299 e. The maximum Gasteiger partial charge on any atom is 0.215 e. The third-order valence-electron chi connectivity index (χ3n) is 4.88. The van der Waals surface area contributed by atoms with Crippen LogP contribution in [0.1, 0.15) is 16.7 Å². The Morgan fingerprint density at radius 3 is 2.32 bits per heavy atom. The maximum atomic E-state index is 12.3. The van der Waals surface area contributed by atoms with E-state index in [1.807, 2.05) is 12.1 Å². The molecule has 7 heteroatoms. The Hall–Kier alpha value is -2.24. The molecule has 0 radical (unpaired) electrons. The summed E-state index contributed by atoms with van der Waals surface area (Å²) in [6.45, 7) is 5.93. The Morgan fingerprint density at radius 2 is 1.61 bits per heavy atom. The second kappa shape index (κ2) is 9.80. The fourth-order valence-corrected chi connectivity index (χ4v) is 4.50. The van der Waals surface area contributed by atoms with Crippen molar-refractivity contribution >= 4 is 10.0 Å². The van der Waals surface area contributed by atoms with Gasteiger partial charge in [-0.05, 0) is 23.3 Å². The average Bonchev–Trinajstić information content (AvgIpc) is 2.70.